The van der Waals surface area contributed by atoms with Crippen molar-refractivity contribution in [2.24, 2.45) is 0 Å². The average molecular weight is 228 g/mol. The zero-order valence-corrected chi connectivity index (χ0v) is 10.5. The van der Waals surface area contributed by atoms with Gasteiger partial charge in [0.25, 0.3) is 5.52 Å². The highest BCUT2D eigenvalue weighted by Crippen LogP contribution is 2.14. The van der Waals surface area contributed by atoms with Crippen molar-refractivity contribution in [1.29, 1.82) is 0 Å². The van der Waals surface area contributed by atoms with Crippen molar-refractivity contribution in [1.82, 2.24) is 4.59 Å². The quantitative estimate of drug-likeness (QED) is 0.521. The summed E-state index contributed by atoms with van der Waals surface area (Å²) in [5.74, 6) is 0. The number of piperidine rings is 1. The normalized spacial score (nSPS) is 19.4. The summed E-state index contributed by atoms with van der Waals surface area (Å²) in [6, 6.07) is 13.0. The lowest BCUT2D eigenvalue weighted by atomic mass is 10.1. The van der Waals surface area contributed by atoms with Crippen LogP contribution in [-0.4, -0.2) is 20.1 Å². The van der Waals surface area contributed by atoms with Gasteiger partial charge in [0.15, 0.2) is 0 Å². The number of benzene rings is 1. The topological polar surface area (TPSA) is 3.88 Å². The number of quaternary nitrogens is 1. The molecule has 0 atom stereocenters. The van der Waals surface area contributed by atoms with Crippen molar-refractivity contribution in [3.8, 4) is 0 Å². The third-order valence-corrected chi connectivity index (χ3v) is 3.99. The number of hydrogen-bond donors (Lipinski definition) is 0. The van der Waals surface area contributed by atoms with E-state index in [2.05, 4.69) is 54.3 Å². The van der Waals surface area contributed by atoms with Gasteiger partial charge in [-0.25, -0.2) is 0 Å². The van der Waals surface area contributed by atoms with Gasteiger partial charge in [-0.1, -0.05) is 12.1 Å². The molecule has 0 bridgehead atoms. The summed E-state index contributed by atoms with van der Waals surface area (Å²) in [7, 11) is 2.35. The lowest BCUT2D eigenvalue weighted by Gasteiger charge is -2.30. The third-order valence-electron chi connectivity index (χ3n) is 3.99. The molecule has 1 saturated heterocycles. The Morgan fingerprint density at radius 1 is 0.941 bits per heavy atom. The van der Waals surface area contributed by atoms with Gasteiger partial charge in [0.05, 0.1) is 5.39 Å². The van der Waals surface area contributed by atoms with Crippen LogP contribution in [0.5, 0.6) is 0 Å². The Hall–Kier alpha value is -1.41. The predicted molar refractivity (Wildman–Crippen MR) is 71.2 cm³/mol. The number of aromatic nitrogens is 1. The van der Waals surface area contributed by atoms with Crippen LogP contribution in [0.15, 0.2) is 42.6 Å². The van der Waals surface area contributed by atoms with E-state index < -0.39 is 0 Å². The highest BCUT2D eigenvalue weighted by Gasteiger charge is 2.35. The van der Waals surface area contributed by atoms with Crippen LogP contribution in [0.1, 0.15) is 19.3 Å². The number of para-hydroxylation sites is 1. The highest BCUT2D eigenvalue weighted by molar-refractivity contribution is 5.74. The molecular formula is C15H20N2+2. The molecule has 0 spiro atoms. The first-order valence-corrected chi connectivity index (χ1v) is 6.54. The summed E-state index contributed by atoms with van der Waals surface area (Å²) in [6.45, 7) is 2.50. The van der Waals surface area contributed by atoms with Crippen LogP contribution in [0.2, 0.25) is 0 Å². The number of rotatable bonds is 1. The molecule has 1 fully saturated rings. The second-order valence-electron chi connectivity index (χ2n) is 5.26. The van der Waals surface area contributed by atoms with Gasteiger partial charge in [0.2, 0.25) is 6.20 Å². The Morgan fingerprint density at radius 2 is 1.65 bits per heavy atom. The molecule has 0 N–H and O–H groups in total. The fourth-order valence-corrected chi connectivity index (χ4v) is 2.98. The second kappa shape index (κ2) is 4.11. The van der Waals surface area contributed by atoms with E-state index in [0.29, 0.717) is 0 Å². The molecule has 0 amide bonds. The fraction of sp³-hybridized carbons (Fsp3) is 0.400. The van der Waals surface area contributed by atoms with E-state index in [1.54, 1.807) is 0 Å². The maximum atomic E-state index is 2.44. The smallest absolute Gasteiger partial charge is 0.101 e. The fourth-order valence-electron chi connectivity index (χ4n) is 2.98. The molecule has 2 nitrogen and oxygen atoms in total. The summed E-state index contributed by atoms with van der Waals surface area (Å²) < 4.78 is 3.47. The Kier molecular flexibility index (Phi) is 2.60. The molecule has 1 aliphatic rings. The molecule has 2 heterocycles. The molecule has 1 aromatic carbocycles. The first-order valence-electron chi connectivity index (χ1n) is 6.54. The van der Waals surface area contributed by atoms with Crippen molar-refractivity contribution >= 4 is 10.9 Å². The van der Waals surface area contributed by atoms with Gasteiger partial charge in [0, 0.05) is 25.0 Å². The van der Waals surface area contributed by atoms with Crippen molar-refractivity contribution in [2.75, 3.05) is 20.1 Å². The molecular weight excluding hydrogens is 208 g/mol. The number of hydrogen-bond acceptors (Lipinski definition) is 0. The van der Waals surface area contributed by atoms with E-state index >= 15 is 0 Å². The highest BCUT2D eigenvalue weighted by atomic mass is 15.7. The molecule has 0 saturated carbocycles. The van der Waals surface area contributed by atoms with Gasteiger partial charge in [0.1, 0.15) is 20.1 Å². The van der Waals surface area contributed by atoms with Gasteiger partial charge in [-0.05, 0) is 23.2 Å². The third kappa shape index (κ3) is 1.83. The van der Waals surface area contributed by atoms with Crippen molar-refractivity contribution in [3.63, 3.8) is 0 Å². The van der Waals surface area contributed by atoms with Crippen molar-refractivity contribution in [3.05, 3.63) is 42.6 Å². The van der Waals surface area contributed by atoms with Crippen LogP contribution in [-0.2, 0) is 0 Å². The molecule has 0 unspecified atom stereocenters. The summed E-state index contributed by atoms with van der Waals surface area (Å²) in [6.07, 6.45) is 6.30. The summed E-state index contributed by atoms with van der Waals surface area (Å²) in [4.78, 5) is 0. The Balaban J connectivity index is 2.16. The Morgan fingerprint density at radius 3 is 2.47 bits per heavy atom. The van der Waals surface area contributed by atoms with Crippen LogP contribution in [0.25, 0.3) is 10.9 Å². The molecule has 0 aliphatic carbocycles. The van der Waals surface area contributed by atoms with Gasteiger partial charge in [-0.2, -0.15) is 0 Å². The van der Waals surface area contributed by atoms with E-state index in [0.717, 1.165) is 4.59 Å². The molecule has 3 rings (SSSR count). The minimum Gasteiger partial charge on any atom is -0.101 e. The zero-order chi connectivity index (χ0) is 11.7. The van der Waals surface area contributed by atoms with Crippen LogP contribution in [0, 0.1) is 0 Å². The zero-order valence-electron chi connectivity index (χ0n) is 10.5. The first kappa shape index (κ1) is 10.7. The largest absolute Gasteiger partial charge is 0.272 e. The lowest BCUT2D eigenvalue weighted by Crippen LogP contribution is -2.74. The molecule has 0 radical (unpaired) electrons. The molecule has 88 valence electrons. The average Bonchev–Trinajstić information content (AvgIpc) is 2.39. The minimum absolute atomic E-state index is 1.03. The molecule has 1 aliphatic heterocycles. The monoisotopic (exact) mass is 228 g/mol. The number of pyridine rings is 1. The number of likely N-dealkylation sites (tertiary alicyclic amines) is 1. The Bertz CT molecular complexity index is 522. The maximum Gasteiger partial charge on any atom is 0.272 e. The molecule has 1 aromatic heterocycles. The van der Waals surface area contributed by atoms with Gasteiger partial charge >= 0.3 is 0 Å². The standard InChI is InChI=1S/C15H20N2/c1-17(12-5-2-6-13-17)16-11-7-9-14-8-3-4-10-15(14)16/h3-4,7-11H,2,5-6,12-13H2,1H3/q+2. The minimum atomic E-state index is 1.03. The summed E-state index contributed by atoms with van der Waals surface area (Å²) >= 11 is 0. The van der Waals surface area contributed by atoms with Crippen LogP contribution < -0.4 is 9.27 Å². The van der Waals surface area contributed by atoms with Gasteiger partial charge in [-0.3, -0.25) is 0 Å². The van der Waals surface area contributed by atoms with Crippen LogP contribution in [0.3, 0.4) is 0 Å². The van der Waals surface area contributed by atoms with Gasteiger partial charge < -0.3 is 0 Å². The molecule has 17 heavy (non-hydrogen) atoms. The van der Waals surface area contributed by atoms with E-state index in [1.165, 1.54) is 43.3 Å². The molecule has 2 heteroatoms. The van der Waals surface area contributed by atoms with Crippen molar-refractivity contribution < 1.29 is 4.68 Å². The number of fused-ring (bicyclic) bond motifs is 1. The van der Waals surface area contributed by atoms with Crippen LogP contribution >= 0.6 is 0 Å². The van der Waals surface area contributed by atoms with Crippen molar-refractivity contribution in [2.45, 2.75) is 19.3 Å². The summed E-state index contributed by atoms with van der Waals surface area (Å²) in [5.41, 5.74) is 1.35. The molecule has 2 aromatic rings. The van der Waals surface area contributed by atoms with E-state index in [1.807, 2.05) is 0 Å². The maximum absolute atomic E-state index is 2.44. The summed E-state index contributed by atoms with van der Waals surface area (Å²) in [5, 5.41) is 1.33. The van der Waals surface area contributed by atoms with E-state index in [-0.39, 0.29) is 0 Å². The first-order chi connectivity index (χ1) is 8.30. The second-order valence-corrected chi connectivity index (χ2v) is 5.26. The lowest BCUT2D eigenvalue weighted by molar-refractivity contribution is -0.799. The van der Waals surface area contributed by atoms with E-state index in [4.69, 9.17) is 0 Å². The van der Waals surface area contributed by atoms with Gasteiger partial charge in [-0.15, -0.1) is 4.59 Å². The van der Waals surface area contributed by atoms with E-state index in [9.17, 15) is 0 Å². The Labute approximate surface area is 103 Å². The SMILES string of the molecule is C[N+]1([n+]2cccc3ccccc32)CCCCC1. The predicted octanol–water partition coefficient (Wildman–Crippen LogP) is 2.38. The number of nitrogens with zero attached hydrogens (tertiary/aromatic N) is 2. The van der Waals surface area contributed by atoms with Crippen LogP contribution in [0.4, 0.5) is 0 Å².